The van der Waals surface area contributed by atoms with Gasteiger partial charge in [0, 0.05) is 13.1 Å². The first-order valence-corrected chi connectivity index (χ1v) is 6.90. The van der Waals surface area contributed by atoms with E-state index in [2.05, 4.69) is 28.7 Å². The van der Waals surface area contributed by atoms with Gasteiger partial charge in [0.1, 0.15) is 17.6 Å². The van der Waals surface area contributed by atoms with Crippen LogP contribution in [0.5, 0.6) is 0 Å². The van der Waals surface area contributed by atoms with Crippen LogP contribution >= 0.6 is 0 Å². The van der Waals surface area contributed by atoms with Crippen LogP contribution in [0.3, 0.4) is 0 Å². The summed E-state index contributed by atoms with van der Waals surface area (Å²) in [6, 6.07) is 0.164. The molecule has 0 aliphatic carbocycles. The first-order valence-electron chi connectivity index (χ1n) is 6.90. The van der Waals surface area contributed by atoms with Crippen LogP contribution in [0, 0.1) is 6.92 Å². The molecule has 19 heavy (non-hydrogen) atoms. The van der Waals surface area contributed by atoms with Gasteiger partial charge in [-0.15, -0.1) is 0 Å². The fourth-order valence-electron chi connectivity index (χ4n) is 2.75. The van der Waals surface area contributed by atoms with Gasteiger partial charge in [-0.05, 0) is 26.7 Å². The lowest BCUT2D eigenvalue weighted by atomic mass is 10.0. The number of aromatic nitrogens is 2. The predicted octanol–water partition coefficient (Wildman–Crippen LogP) is 2.14. The van der Waals surface area contributed by atoms with Crippen molar-refractivity contribution in [2.45, 2.75) is 52.6 Å². The van der Waals surface area contributed by atoms with Crippen molar-refractivity contribution in [1.29, 1.82) is 0 Å². The van der Waals surface area contributed by atoms with Crippen LogP contribution in [0.25, 0.3) is 0 Å². The number of rotatable bonds is 3. The van der Waals surface area contributed by atoms with Gasteiger partial charge < -0.3 is 9.80 Å². The zero-order valence-electron chi connectivity index (χ0n) is 12.3. The molecule has 1 unspecified atom stereocenters. The van der Waals surface area contributed by atoms with E-state index in [4.69, 9.17) is 0 Å². The molecule has 0 fully saturated rings. The van der Waals surface area contributed by atoms with Gasteiger partial charge in [0.2, 0.25) is 5.91 Å². The summed E-state index contributed by atoms with van der Waals surface area (Å²) in [5.74, 6) is 1.73. The van der Waals surface area contributed by atoms with E-state index in [1.54, 1.807) is 18.1 Å². The third kappa shape index (κ3) is 2.17. The van der Waals surface area contributed by atoms with E-state index in [0.29, 0.717) is 6.04 Å². The average molecular weight is 262 g/mol. The Morgan fingerprint density at radius 3 is 2.58 bits per heavy atom. The molecular formula is C14H22N4O. The van der Waals surface area contributed by atoms with Gasteiger partial charge in [0.05, 0.1) is 6.20 Å². The largest absolute Gasteiger partial charge is 0.340 e. The fraction of sp³-hybridized carbons (Fsp3) is 0.643. The van der Waals surface area contributed by atoms with E-state index in [1.165, 1.54) is 0 Å². The second kappa shape index (κ2) is 5.15. The van der Waals surface area contributed by atoms with Crippen LogP contribution in [0.15, 0.2) is 6.20 Å². The van der Waals surface area contributed by atoms with Gasteiger partial charge in [-0.25, -0.2) is 9.97 Å². The summed E-state index contributed by atoms with van der Waals surface area (Å²) in [5, 5.41) is 0. The van der Waals surface area contributed by atoms with E-state index in [9.17, 15) is 4.79 Å². The minimum atomic E-state index is -0.170. The summed E-state index contributed by atoms with van der Waals surface area (Å²) in [7, 11) is 1.79. The van der Waals surface area contributed by atoms with E-state index < -0.39 is 0 Å². The van der Waals surface area contributed by atoms with Gasteiger partial charge >= 0.3 is 0 Å². The highest BCUT2D eigenvalue weighted by atomic mass is 16.2. The highest BCUT2D eigenvalue weighted by Gasteiger charge is 2.37. The van der Waals surface area contributed by atoms with Crippen LogP contribution < -0.4 is 9.80 Å². The van der Waals surface area contributed by atoms with Crippen molar-refractivity contribution >= 4 is 17.4 Å². The van der Waals surface area contributed by atoms with Crippen molar-refractivity contribution in [3.8, 4) is 0 Å². The molecule has 0 aromatic carbocycles. The Kier molecular flexibility index (Phi) is 3.73. The smallest absolute Gasteiger partial charge is 0.249 e. The van der Waals surface area contributed by atoms with Crippen molar-refractivity contribution in [2.75, 3.05) is 16.8 Å². The predicted molar refractivity (Wildman–Crippen MR) is 76.5 cm³/mol. The summed E-state index contributed by atoms with van der Waals surface area (Å²) in [6.07, 6.45) is 3.75. The average Bonchev–Trinajstić information content (AvgIpc) is 2.41. The fourth-order valence-corrected chi connectivity index (χ4v) is 2.75. The number of carbonyl (C=O) groups excluding carboxylic acids is 1. The summed E-state index contributed by atoms with van der Waals surface area (Å²) in [6.45, 7) is 8.14. The summed E-state index contributed by atoms with van der Waals surface area (Å²) in [5.41, 5.74) is 0.806. The van der Waals surface area contributed by atoms with E-state index in [0.717, 1.165) is 30.2 Å². The minimum absolute atomic E-state index is 0.104. The van der Waals surface area contributed by atoms with Crippen molar-refractivity contribution in [3.63, 3.8) is 0 Å². The Hall–Kier alpha value is -1.65. The monoisotopic (exact) mass is 262 g/mol. The molecule has 2 heterocycles. The molecule has 1 aromatic heterocycles. The molecule has 5 heteroatoms. The number of amides is 1. The Morgan fingerprint density at radius 2 is 2.00 bits per heavy atom. The van der Waals surface area contributed by atoms with Crippen LogP contribution in [0.2, 0.25) is 0 Å². The standard InChI is InChI=1S/C14H22N4O/c1-6-11(7-2)18-9(3)14(19)17(5)12-8-15-10(4)16-13(12)18/h8-9,11H,6-7H2,1-5H3. The number of hydrogen-bond acceptors (Lipinski definition) is 4. The number of fused-ring (bicyclic) bond motifs is 1. The van der Waals surface area contributed by atoms with Crippen molar-refractivity contribution < 1.29 is 4.79 Å². The third-order valence-electron chi connectivity index (χ3n) is 3.92. The van der Waals surface area contributed by atoms with E-state index in [-0.39, 0.29) is 11.9 Å². The first kappa shape index (κ1) is 13.8. The van der Waals surface area contributed by atoms with Gasteiger partial charge in [0.25, 0.3) is 0 Å². The maximum atomic E-state index is 12.3. The number of nitrogens with zero attached hydrogens (tertiary/aromatic N) is 4. The molecule has 1 aliphatic rings. The lowest BCUT2D eigenvalue weighted by Crippen LogP contribution is -2.54. The molecule has 1 atom stereocenters. The van der Waals surface area contributed by atoms with Gasteiger partial charge in [-0.3, -0.25) is 4.79 Å². The lowest BCUT2D eigenvalue weighted by molar-refractivity contribution is -0.119. The third-order valence-corrected chi connectivity index (χ3v) is 3.92. The molecule has 2 rings (SSSR count). The van der Waals surface area contributed by atoms with E-state index >= 15 is 0 Å². The van der Waals surface area contributed by atoms with Crippen LogP contribution in [0.4, 0.5) is 11.5 Å². The summed E-state index contributed by atoms with van der Waals surface area (Å²) < 4.78 is 0. The molecule has 0 saturated carbocycles. The quantitative estimate of drug-likeness (QED) is 0.837. The number of anilines is 2. The molecule has 0 saturated heterocycles. The first-order chi connectivity index (χ1) is 9.01. The topological polar surface area (TPSA) is 49.3 Å². The highest BCUT2D eigenvalue weighted by molar-refractivity contribution is 6.04. The second-order valence-electron chi connectivity index (χ2n) is 5.08. The van der Waals surface area contributed by atoms with Crippen molar-refractivity contribution in [1.82, 2.24) is 9.97 Å². The second-order valence-corrected chi connectivity index (χ2v) is 5.08. The molecule has 0 N–H and O–H groups in total. The highest BCUT2D eigenvalue weighted by Crippen LogP contribution is 2.35. The zero-order valence-corrected chi connectivity index (χ0v) is 12.3. The molecular weight excluding hydrogens is 240 g/mol. The molecule has 1 aliphatic heterocycles. The van der Waals surface area contributed by atoms with E-state index in [1.807, 2.05) is 13.8 Å². The Morgan fingerprint density at radius 1 is 1.37 bits per heavy atom. The summed E-state index contributed by atoms with van der Waals surface area (Å²) >= 11 is 0. The van der Waals surface area contributed by atoms with Crippen LogP contribution in [0.1, 0.15) is 39.4 Å². The molecule has 1 amide bonds. The molecule has 5 nitrogen and oxygen atoms in total. The summed E-state index contributed by atoms with van der Waals surface area (Å²) in [4.78, 5) is 25.0. The van der Waals surface area contributed by atoms with Gasteiger partial charge in [0.15, 0.2) is 5.82 Å². The molecule has 104 valence electrons. The maximum absolute atomic E-state index is 12.3. The Bertz CT molecular complexity index is 484. The van der Waals surface area contributed by atoms with Gasteiger partial charge in [-0.1, -0.05) is 13.8 Å². The van der Waals surface area contributed by atoms with Gasteiger partial charge in [-0.2, -0.15) is 0 Å². The maximum Gasteiger partial charge on any atom is 0.249 e. The lowest BCUT2D eigenvalue weighted by Gasteiger charge is -2.43. The number of hydrogen-bond donors (Lipinski definition) is 0. The SMILES string of the molecule is CCC(CC)N1c2nc(C)ncc2N(C)C(=O)C1C. The van der Waals surface area contributed by atoms with Crippen molar-refractivity contribution in [2.24, 2.45) is 0 Å². The van der Waals surface area contributed by atoms with Crippen molar-refractivity contribution in [3.05, 3.63) is 12.0 Å². The van der Waals surface area contributed by atoms with Crippen LogP contribution in [-0.2, 0) is 4.79 Å². The molecule has 0 radical (unpaired) electrons. The molecule has 0 spiro atoms. The number of aryl methyl sites for hydroxylation is 1. The zero-order chi connectivity index (χ0) is 14.2. The number of carbonyl (C=O) groups is 1. The Balaban J connectivity index is 2.57. The van der Waals surface area contributed by atoms with Crippen LogP contribution in [-0.4, -0.2) is 35.0 Å². The Labute approximate surface area is 114 Å². The molecule has 1 aromatic rings. The molecule has 0 bridgehead atoms. The normalized spacial score (nSPS) is 19.1. The number of likely N-dealkylation sites (N-methyl/N-ethyl adjacent to an activating group) is 1. The minimum Gasteiger partial charge on any atom is -0.340 e.